The van der Waals surface area contributed by atoms with Crippen molar-refractivity contribution in [3.63, 3.8) is 0 Å². The highest BCUT2D eigenvalue weighted by Crippen LogP contribution is 2.27. The molecule has 0 aliphatic rings. The molecule has 0 atom stereocenters. The SMILES string of the molecule is CN(CC(=O)Nc1ccc(Cl)cc1)C(=O)Cc1csc(-c2cccs2)n1. The van der Waals surface area contributed by atoms with Crippen LogP contribution >= 0.6 is 34.3 Å². The first-order chi connectivity index (χ1) is 12.5. The van der Waals surface area contributed by atoms with Gasteiger partial charge in [-0.2, -0.15) is 0 Å². The van der Waals surface area contributed by atoms with E-state index in [1.165, 1.54) is 16.2 Å². The fourth-order valence-corrected chi connectivity index (χ4v) is 3.99. The maximum atomic E-state index is 12.3. The molecule has 0 bridgehead atoms. The number of thiophene rings is 1. The third-order valence-electron chi connectivity index (χ3n) is 3.55. The van der Waals surface area contributed by atoms with Gasteiger partial charge in [0.05, 0.1) is 23.5 Å². The van der Waals surface area contributed by atoms with Crippen LogP contribution in [0.3, 0.4) is 0 Å². The van der Waals surface area contributed by atoms with Gasteiger partial charge in [0.15, 0.2) is 0 Å². The van der Waals surface area contributed by atoms with Gasteiger partial charge in [-0.1, -0.05) is 17.7 Å². The third kappa shape index (κ3) is 4.91. The summed E-state index contributed by atoms with van der Waals surface area (Å²) in [5, 5.41) is 8.12. The number of thiazole rings is 1. The number of hydrogen-bond acceptors (Lipinski definition) is 5. The first kappa shape index (κ1) is 18.6. The van der Waals surface area contributed by atoms with Crippen molar-refractivity contribution in [1.29, 1.82) is 0 Å². The Morgan fingerprint density at radius 3 is 2.65 bits per heavy atom. The molecule has 0 unspecified atom stereocenters. The molecule has 0 saturated heterocycles. The van der Waals surface area contributed by atoms with Gasteiger partial charge >= 0.3 is 0 Å². The monoisotopic (exact) mass is 405 g/mol. The van der Waals surface area contributed by atoms with Gasteiger partial charge in [-0.25, -0.2) is 4.98 Å². The number of carbonyl (C=O) groups is 2. The molecule has 3 aromatic rings. The molecule has 5 nitrogen and oxygen atoms in total. The lowest BCUT2D eigenvalue weighted by atomic mass is 10.3. The summed E-state index contributed by atoms with van der Waals surface area (Å²) in [4.78, 5) is 31.4. The number of rotatable bonds is 6. The highest BCUT2D eigenvalue weighted by molar-refractivity contribution is 7.20. The number of anilines is 1. The topological polar surface area (TPSA) is 62.3 Å². The van der Waals surface area contributed by atoms with E-state index in [1.54, 1.807) is 42.6 Å². The molecule has 3 rings (SSSR count). The second-order valence-electron chi connectivity index (χ2n) is 5.60. The smallest absolute Gasteiger partial charge is 0.243 e. The van der Waals surface area contributed by atoms with Crippen molar-refractivity contribution in [1.82, 2.24) is 9.88 Å². The van der Waals surface area contributed by atoms with Crippen molar-refractivity contribution in [3.05, 3.63) is 57.9 Å². The Labute approximate surface area is 164 Å². The zero-order valence-corrected chi connectivity index (χ0v) is 16.3. The molecule has 2 heterocycles. The Morgan fingerprint density at radius 2 is 1.96 bits per heavy atom. The Morgan fingerprint density at radius 1 is 1.19 bits per heavy atom. The summed E-state index contributed by atoms with van der Waals surface area (Å²) in [6.07, 6.45) is 0.173. The van der Waals surface area contributed by atoms with Gasteiger partial charge in [-0.3, -0.25) is 9.59 Å². The van der Waals surface area contributed by atoms with Crippen molar-refractivity contribution < 1.29 is 9.59 Å². The van der Waals surface area contributed by atoms with E-state index in [1.807, 2.05) is 22.9 Å². The molecular weight excluding hydrogens is 390 g/mol. The number of likely N-dealkylation sites (N-methyl/N-ethyl adjacent to an activating group) is 1. The minimum Gasteiger partial charge on any atom is -0.336 e. The standard InChI is InChI=1S/C18H16ClN3O2S2/c1-22(10-16(23)20-13-6-4-12(19)5-7-13)17(24)9-14-11-26-18(21-14)15-3-2-8-25-15/h2-8,11H,9-10H2,1H3,(H,20,23). The normalized spacial score (nSPS) is 10.5. The molecule has 0 fully saturated rings. The van der Waals surface area contributed by atoms with Crippen LogP contribution in [0.25, 0.3) is 9.88 Å². The molecule has 1 N–H and O–H groups in total. The molecule has 0 aliphatic heterocycles. The number of nitrogens with one attached hydrogen (secondary N) is 1. The summed E-state index contributed by atoms with van der Waals surface area (Å²) in [7, 11) is 1.61. The second-order valence-corrected chi connectivity index (χ2v) is 7.85. The fourth-order valence-electron chi connectivity index (χ4n) is 2.23. The van der Waals surface area contributed by atoms with Gasteiger partial charge in [0.1, 0.15) is 5.01 Å². The summed E-state index contributed by atoms with van der Waals surface area (Å²) < 4.78 is 0. The summed E-state index contributed by atoms with van der Waals surface area (Å²) in [5.74, 6) is -0.417. The van der Waals surface area contributed by atoms with Crippen LogP contribution in [0.2, 0.25) is 5.02 Å². The second kappa shape index (κ2) is 8.44. The van der Waals surface area contributed by atoms with Crippen LogP contribution in [-0.4, -0.2) is 35.3 Å². The Balaban J connectivity index is 1.52. The van der Waals surface area contributed by atoms with Crippen LogP contribution < -0.4 is 5.32 Å². The molecule has 0 saturated carbocycles. The third-order valence-corrected chi connectivity index (χ3v) is 5.73. The molecule has 26 heavy (non-hydrogen) atoms. The summed E-state index contributed by atoms with van der Waals surface area (Å²) in [6, 6.07) is 10.8. The van der Waals surface area contributed by atoms with Crippen LogP contribution in [0.5, 0.6) is 0 Å². The van der Waals surface area contributed by atoms with Crippen LogP contribution in [0, 0.1) is 0 Å². The van der Waals surface area contributed by atoms with Crippen molar-refractivity contribution in [2.75, 3.05) is 18.9 Å². The van der Waals surface area contributed by atoms with Gasteiger partial charge in [-0.15, -0.1) is 22.7 Å². The molecule has 2 amide bonds. The van der Waals surface area contributed by atoms with Gasteiger partial charge in [0.25, 0.3) is 0 Å². The van der Waals surface area contributed by atoms with Crippen molar-refractivity contribution in [3.8, 4) is 9.88 Å². The summed E-state index contributed by atoms with van der Waals surface area (Å²) in [5.41, 5.74) is 1.36. The van der Waals surface area contributed by atoms with E-state index < -0.39 is 0 Å². The van der Waals surface area contributed by atoms with Gasteiger partial charge < -0.3 is 10.2 Å². The molecule has 134 valence electrons. The Hall–Kier alpha value is -2.22. The van der Waals surface area contributed by atoms with Crippen LogP contribution in [0.4, 0.5) is 5.69 Å². The number of benzene rings is 1. The van der Waals surface area contributed by atoms with E-state index in [4.69, 9.17) is 11.6 Å². The van der Waals surface area contributed by atoms with Crippen LogP contribution in [0.1, 0.15) is 5.69 Å². The van der Waals surface area contributed by atoms with Gasteiger partial charge in [0, 0.05) is 23.1 Å². The quantitative estimate of drug-likeness (QED) is 0.669. The maximum absolute atomic E-state index is 12.3. The lowest BCUT2D eigenvalue weighted by molar-refractivity contribution is -0.132. The van der Waals surface area contributed by atoms with Crippen molar-refractivity contribution in [2.45, 2.75) is 6.42 Å². The lowest BCUT2D eigenvalue weighted by Gasteiger charge is -2.16. The van der Waals surface area contributed by atoms with E-state index >= 15 is 0 Å². The molecule has 0 spiro atoms. The Bertz CT molecular complexity index is 892. The minimum absolute atomic E-state index is 0.0244. The average molecular weight is 406 g/mol. The zero-order chi connectivity index (χ0) is 18.5. The summed E-state index contributed by atoms with van der Waals surface area (Å²) >= 11 is 8.95. The molecule has 0 radical (unpaired) electrons. The average Bonchev–Trinajstić information content (AvgIpc) is 3.28. The van der Waals surface area contributed by atoms with Gasteiger partial charge in [0.2, 0.25) is 11.8 Å². The number of aromatic nitrogens is 1. The number of amides is 2. The number of halogens is 1. The summed E-state index contributed by atoms with van der Waals surface area (Å²) in [6.45, 7) is -0.0244. The van der Waals surface area contributed by atoms with Crippen LogP contribution in [0.15, 0.2) is 47.2 Å². The van der Waals surface area contributed by atoms with E-state index in [0.717, 1.165) is 9.88 Å². The predicted molar refractivity (Wildman–Crippen MR) is 107 cm³/mol. The van der Waals surface area contributed by atoms with Crippen LogP contribution in [-0.2, 0) is 16.0 Å². The van der Waals surface area contributed by atoms with E-state index in [0.29, 0.717) is 16.4 Å². The highest BCUT2D eigenvalue weighted by atomic mass is 35.5. The van der Waals surface area contributed by atoms with E-state index in [2.05, 4.69) is 10.3 Å². The zero-order valence-electron chi connectivity index (χ0n) is 13.9. The molecular formula is C18H16ClN3O2S2. The molecule has 2 aromatic heterocycles. The first-order valence-corrected chi connectivity index (χ1v) is 9.92. The van der Waals surface area contributed by atoms with E-state index in [-0.39, 0.29) is 24.8 Å². The first-order valence-electron chi connectivity index (χ1n) is 7.79. The van der Waals surface area contributed by atoms with Gasteiger partial charge in [-0.05, 0) is 35.7 Å². The lowest BCUT2D eigenvalue weighted by Crippen LogP contribution is -2.35. The fraction of sp³-hybridized carbons (Fsp3) is 0.167. The predicted octanol–water partition coefficient (Wildman–Crippen LogP) is 4.16. The number of hydrogen-bond donors (Lipinski definition) is 1. The maximum Gasteiger partial charge on any atom is 0.243 e. The molecule has 1 aromatic carbocycles. The van der Waals surface area contributed by atoms with Crippen molar-refractivity contribution >= 4 is 51.8 Å². The largest absolute Gasteiger partial charge is 0.336 e. The number of nitrogens with zero attached hydrogens (tertiary/aromatic N) is 2. The molecule has 0 aliphatic carbocycles. The van der Waals surface area contributed by atoms with E-state index in [9.17, 15) is 9.59 Å². The molecule has 8 heteroatoms. The highest BCUT2D eigenvalue weighted by Gasteiger charge is 2.16. The Kier molecular flexibility index (Phi) is 6.03. The number of carbonyl (C=O) groups excluding carboxylic acids is 2. The van der Waals surface area contributed by atoms with Crippen molar-refractivity contribution in [2.24, 2.45) is 0 Å². The minimum atomic E-state index is -0.263.